The highest BCUT2D eigenvalue weighted by Gasteiger charge is 2.35. The van der Waals surface area contributed by atoms with Crippen LogP contribution in [0.25, 0.3) is 0 Å². The maximum Gasteiger partial charge on any atom is 0.320 e. The van der Waals surface area contributed by atoms with Gasteiger partial charge in [-0.2, -0.15) is 0 Å². The largest absolute Gasteiger partial charge is 0.480 e. The molecule has 0 bridgehead atoms. The molecule has 1 fully saturated rings. The average molecular weight is 334 g/mol. The van der Waals surface area contributed by atoms with Crippen molar-refractivity contribution >= 4 is 21.7 Å². The van der Waals surface area contributed by atoms with Gasteiger partial charge in [-0.1, -0.05) is 13.3 Å². The smallest absolute Gasteiger partial charge is 0.320 e. The van der Waals surface area contributed by atoms with Crippen LogP contribution in [0.5, 0.6) is 0 Å². The van der Waals surface area contributed by atoms with E-state index >= 15 is 0 Å². The Balaban J connectivity index is 2.74. The Morgan fingerprint density at radius 2 is 2.00 bits per heavy atom. The lowest BCUT2D eigenvalue weighted by molar-refractivity contribution is -0.143. The van der Waals surface area contributed by atoms with E-state index in [1.165, 1.54) is 11.8 Å². The number of carbonyl (C=O) groups excluding carboxylic acids is 1. The highest BCUT2D eigenvalue weighted by Crippen LogP contribution is 2.19. The first-order valence-electron chi connectivity index (χ1n) is 7.61. The fraction of sp³-hybridized carbons (Fsp3) is 0.857. The Labute approximate surface area is 132 Å². The number of hydrogen-bond acceptors (Lipinski definition) is 5. The third kappa shape index (κ3) is 5.24. The molecule has 0 aromatic heterocycles. The Morgan fingerprint density at radius 3 is 2.45 bits per heavy atom. The maximum absolute atomic E-state index is 12.5. The van der Waals surface area contributed by atoms with Crippen LogP contribution in [0.1, 0.15) is 33.1 Å². The van der Waals surface area contributed by atoms with Crippen molar-refractivity contribution in [2.75, 3.05) is 31.6 Å². The van der Waals surface area contributed by atoms with E-state index < -0.39 is 21.8 Å². The second-order valence-corrected chi connectivity index (χ2v) is 8.16. The van der Waals surface area contributed by atoms with Gasteiger partial charge in [-0.05, 0) is 26.8 Å². The molecule has 8 heteroatoms. The predicted molar refractivity (Wildman–Crippen MR) is 83.4 cm³/mol. The quantitative estimate of drug-likeness (QED) is 0.682. The van der Waals surface area contributed by atoms with E-state index in [1.807, 2.05) is 6.92 Å². The third-order valence-corrected chi connectivity index (χ3v) is 5.88. The number of carbonyl (C=O) groups is 2. The van der Waals surface area contributed by atoms with Crippen LogP contribution in [0.4, 0.5) is 0 Å². The van der Waals surface area contributed by atoms with Crippen molar-refractivity contribution in [2.45, 2.75) is 45.2 Å². The average Bonchev–Trinajstić information content (AvgIpc) is 2.78. The monoisotopic (exact) mass is 334 g/mol. The summed E-state index contributed by atoms with van der Waals surface area (Å²) < 4.78 is 23.3. The highest BCUT2D eigenvalue weighted by molar-refractivity contribution is 7.91. The van der Waals surface area contributed by atoms with Crippen LogP contribution in [-0.2, 0) is 19.4 Å². The second-order valence-electron chi connectivity index (χ2n) is 5.93. The molecule has 128 valence electrons. The van der Waals surface area contributed by atoms with Crippen LogP contribution < -0.4 is 0 Å². The summed E-state index contributed by atoms with van der Waals surface area (Å²) in [4.78, 5) is 26.5. The van der Waals surface area contributed by atoms with E-state index in [-0.39, 0.29) is 30.0 Å². The minimum absolute atomic E-state index is 0.0145. The fourth-order valence-corrected chi connectivity index (χ4v) is 4.22. The SMILES string of the molecule is CCCCN(C(=O)CN(C)C(C)C(=O)O)C1CCS(=O)(=O)C1. The van der Waals surface area contributed by atoms with Crippen LogP contribution in [0.3, 0.4) is 0 Å². The lowest BCUT2D eigenvalue weighted by atomic mass is 10.2. The molecular formula is C14H26N2O5S. The van der Waals surface area contributed by atoms with Crippen LogP contribution >= 0.6 is 0 Å². The molecule has 0 aliphatic carbocycles. The van der Waals surface area contributed by atoms with Gasteiger partial charge in [0.05, 0.1) is 18.1 Å². The van der Waals surface area contributed by atoms with E-state index in [1.54, 1.807) is 11.9 Å². The molecule has 7 nitrogen and oxygen atoms in total. The number of rotatable bonds is 8. The standard InChI is InChI=1S/C14H26N2O5S/c1-4-5-7-16(12-6-8-22(20,21)10-12)13(17)9-15(3)11(2)14(18)19/h11-12H,4-10H2,1-3H3,(H,18,19). The molecular weight excluding hydrogens is 308 g/mol. The summed E-state index contributed by atoms with van der Waals surface area (Å²) in [6.45, 7) is 4.03. The van der Waals surface area contributed by atoms with Crippen molar-refractivity contribution in [1.82, 2.24) is 9.80 Å². The molecule has 1 N–H and O–H groups in total. The zero-order valence-electron chi connectivity index (χ0n) is 13.5. The molecule has 1 rings (SSSR count). The van der Waals surface area contributed by atoms with Gasteiger partial charge in [-0.25, -0.2) is 8.42 Å². The molecule has 0 aromatic carbocycles. The summed E-state index contributed by atoms with van der Waals surface area (Å²) in [6, 6.07) is -1.04. The highest BCUT2D eigenvalue weighted by atomic mass is 32.2. The van der Waals surface area contributed by atoms with Gasteiger partial charge in [0.15, 0.2) is 9.84 Å². The van der Waals surface area contributed by atoms with Gasteiger partial charge in [0, 0.05) is 12.6 Å². The summed E-state index contributed by atoms with van der Waals surface area (Å²) in [5.41, 5.74) is 0. The number of sulfone groups is 1. The molecule has 1 saturated heterocycles. The summed E-state index contributed by atoms with van der Waals surface area (Å²) in [5, 5.41) is 8.98. The molecule has 1 heterocycles. The lowest BCUT2D eigenvalue weighted by Crippen LogP contribution is -2.48. The molecule has 0 spiro atoms. The predicted octanol–water partition coefficient (Wildman–Crippen LogP) is 0.207. The van der Waals surface area contributed by atoms with Gasteiger partial charge in [0.2, 0.25) is 5.91 Å². The van der Waals surface area contributed by atoms with Crippen molar-refractivity contribution in [2.24, 2.45) is 0 Å². The van der Waals surface area contributed by atoms with Gasteiger partial charge in [0.1, 0.15) is 6.04 Å². The summed E-state index contributed by atoms with van der Waals surface area (Å²) in [7, 11) is -1.48. The van der Waals surface area contributed by atoms with Gasteiger partial charge >= 0.3 is 5.97 Å². The van der Waals surface area contributed by atoms with Gasteiger partial charge in [0.25, 0.3) is 0 Å². The zero-order chi connectivity index (χ0) is 16.9. The van der Waals surface area contributed by atoms with Gasteiger partial charge < -0.3 is 10.0 Å². The molecule has 22 heavy (non-hydrogen) atoms. The normalized spacial score (nSPS) is 21.7. The minimum Gasteiger partial charge on any atom is -0.480 e. The van der Waals surface area contributed by atoms with Crippen LogP contribution in [0.15, 0.2) is 0 Å². The van der Waals surface area contributed by atoms with Crippen molar-refractivity contribution < 1.29 is 23.1 Å². The number of amides is 1. The van der Waals surface area contributed by atoms with E-state index in [4.69, 9.17) is 5.11 Å². The summed E-state index contributed by atoms with van der Waals surface area (Å²) >= 11 is 0. The topological polar surface area (TPSA) is 95.0 Å². The maximum atomic E-state index is 12.5. The second kappa shape index (κ2) is 7.92. The molecule has 1 amide bonds. The summed E-state index contributed by atoms with van der Waals surface area (Å²) in [5.74, 6) is -1.06. The lowest BCUT2D eigenvalue weighted by Gasteiger charge is -2.31. The first-order chi connectivity index (χ1) is 10.2. The Morgan fingerprint density at radius 1 is 1.36 bits per heavy atom. The molecule has 0 saturated carbocycles. The first kappa shape index (κ1) is 18.9. The Kier molecular flexibility index (Phi) is 6.80. The van der Waals surface area contributed by atoms with E-state index in [2.05, 4.69) is 0 Å². The fourth-order valence-electron chi connectivity index (χ4n) is 2.49. The number of hydrogen-bond donors (Lipinski definition) is 1. The van der Waals surface area contributed by atoms with Crippen LogP contribution in [-0.4, -0.2) is 78.9 Å². The van der Waals surface area contributed by atoms with Crippen LogP contribution in [0.2, 0.25) is 0 Å². The zero-order valence-corrected chi connectivity index (χ0v) is 14.3. The first-order valence-corrected chi connectivity index (χ1v) is 9.43. The van der Waals surface area contributed by atoms with E-state index in [0.29, 0.717) is 13.0 Å². The van der Waals surface area contributed by atoms with Gasteiger partial charge in [-0.15, -0.1) is 0 Å². The number of carboxylic acids is 1. The number of carboxylic acid groups (broad SMARTS) is 1. The van der Waals surface area contributed by atoms with Gasteiger partial charge in [-0.3, -0.25) is 14.5 Å². The van der Waals surface area contributed by atoms with E-state index in [9.17, 15) is 18.0 Å². The number of aliphatic carboxylic acids is 1. The van der Waals surface area contributed by atoms with Crippen LogP contribution in [0, 0.1) is 0 Å². The molecule has 0 radical (unpaired) electrons. The summed E-state index contributed by atoms with van der Waals surface area (Å²) in [6.07, 6.45) is 2.18. The Hall–Kier alpha value is -1.15. The van der Waals surface area contributed by atoms with Crippen molar-refractivity contribution in [1.29, 1.82) is 0 Å². The number of nitrogens with zero attached hydrogens (tertiary/aromatic N) is 2. The van der Waals surface area contributed by atoms with Crippen molar-refractivity contribution in [3.8, 4) is 0 Å². The molecule has 2 atom stereocenters. The van der Waals surface area contributed by atoms with Crippen molar-refractivity contribution in [3.05, 3.63) is 0 Å². The van der Waals surface area contributed by atoms with Crippen molar-refractivity contribution in [3.63, 3.8) is 0 Å². The van der Waals surface area contributed by atoms with E-state index in [0.717, 1.165) is 12.8 Å². The molecule has 1 aliphatic rings. The molecule has 0 aromatic rings. The Bertz CT molecular complexity index is 505. The third-order valence-electron chi connectivity index (χ3n) is 4.13. The molecule has 1 aliphatic heterocycles. The molecule has 2 unspecified atom stereocenters. The minimum atomic E-state index is -3.06. The number of likely N-dealkylation sites (N-methyl/N-ethyl adjacent to an activating group) is 1. The number of unbranched alkanes of at least 4 members (excludes halogenated alkanes) is 1.